The standard InChI is InChI=1S/C34H56/c1-3-5-7-9-11-13-15-17-19-21-25-31-29-30-32(34-28-24-23-27-33(31)34)26-22-20-18-16-14-12-10-8-6-4-2/h23-24,27-30H,3-22,25-26H2,1-2H3. The fourth-order valence-electron chi connectivity index (χ4n) is 5.47. The Bertz CT molecular complexity index is 665. The van der Waals surface area contributed by atoms with Crippen molar-refractivity contribution in [3.05, 3.63) is 47.5 Å². The molecular weight excluding hydrogens is 408 g/mol. The van der Waals surface area contributed by atoms with E-state index in [-0.39, 0.29) is 0 Å². The number of benzene rings is 2. The Balaban J connectivity index is 1.64. The number of unbranched alkanes of at least 4 members (excludes halogenated alkanes) is 18. The third-order valence-electron chi connectivity index (χ3n) is 7.70. The highest BCUT2D eigenvalue weighted by molar-refractivity contribution is 5.88. The van der Waals surface area contributed by atoms with E-state index in [0.29, 0.717) is 0 Å². The molecule has 0 heteroatoms. The first-order valence-corrected chi connectivity index (χ1v) is 15.4. The highest BCUT2D eigenvalue weighted by Crippen LogP contribution is 2.26. The van der Waals surface area contributed by atoms with E-state index in [9.17, 15) is 0 Å². The quantitative estimate of drug-likeness (QED) is 0.152. The first kappa shape index (κ1) is 28.9. The van der Waals surface area contributed by atoms with E-state index in [2.05, 4.69) is 50.2 Å². The number of fused-ring (bicyclic) bond motifs is 1. The third kappa shape index (κ3) is 12.4. The lowest BCUT2D eigenvalue weighted by Crippen LogP contribution is -1.94. The maximum Gasteiger partial charge on any atom is -0.0149 e. The van der Waals surface area contributed by atoms with Gasteiger partial charge in [0.15, 0.2) is 0 Å². The van der Waals surface area contributed by atoms with Crippen molar-refractivity contribution in [1.82, 2.24) is 0 Å². The van der Waals surface area contributed by atoms with Crippen molar-refractivity contribution in [1.29, 1.82) is 0 Å². The number of hydrogen-bond acceptors (Lipinski definition) is 0. The molecule has 0 saturated heterocycles. The van der Waals surface area contributed by atoms with Gasteiger partial charge in [-0.15, -0.1) is 0 Å². The molecule has 2 aromatic carbocycles. The largest absolute Gasteiger partial charge is 0.0654 e. The van der Waals surface area contributed by atoms with Crippen LogP contribution in [0.3, 0.4) is 0 Å². The maximum atomic E-state index is 2.45. The lowest BCUT2D eigenvalue weighted by molar-refractivity contribution is 0.556. The van der Waals surface area contributed by atoms with Gasteiger partial charge in [0, 0.05) is 0 Å². The highest BCUT2D eigenvalue weighted by atomic mass is 14.1. The minimum Gasteiger partial charge on any atom is -0.0654 e. The molecule has 34 heavy (non-hydrogen) atoms. The zero-order chi connectivity index (χ0) is 24.1. The molecular formula is C34H56. The van der Waals surface area contributed by atoms with Gasteiger partial charge in [0.05, 0.1) is 0 Å². The van der Waals surface area contributed by atoms with Gasteiger partial charge in [-0.3, -0.25) is 0 Å². The van der Waals surface area contributed by atoms with Crippen LogP contribution in [0.1, 0.15) is 153 Å². The summed E-state index contributed by atoms with van der Waals surface area (Å²) < 4.78 is 0. The molecule has 0 aromatic heterocycles. The van der Waals surface area contributed by atoms with Gasteiger partial charge in [-0.25, -0.2) is 0 Å². The zero-order valence-corrected chi connectivity index (χ0v) is 23.0. The van der Waals surface area contributed by atoms with E-state index < -0.39 is 0 Å². The average Bonchev–Trinajstić information content (AvgIpc) is 2.87. The Morgan fingerprint density at radius 1 is 0.353 bits per heavy atom. The van der Waals surface area contributed by atoms with Crippen molar-refractivity contribution in [3.8, 4) is 0 Å². The van der Waals surface area contributed by atoms with Gasteiger partial charge in [-0.1, -0.05) is 166 Å². The summed E-state index contributed by atoms with van der Waals surface area (Å²) in [6, 6.07) is 14.1. The Hall–Kier alpha value is -1.30. The molecule has 192 valence electrons. The number of hydrogen-bond donors (Lipinski definition) is 0. The van der Waals surface area contributed by atoms with Crippen LogP contribution in [0.2, 0.25) is 0 Å². The summed E-state index contributed by atoms with van der Waals surface area (Å²) in [5, 5.41) is 3.03. The second-order valence-corrected chi connectivity index (χ2v) is 10.8. The van der Waals surface area contributed by atoms with Crippen LogP contribution < -0.4 is 0 Å². The van der Waals surface area contributed by atoms with Crippen molar-refractivity contribution in [2.24, 2.45) is 0 Å². The van der Waals surface area contributed by atoms with Crippen molar-refractivity contribution in [2.75, 3.05) is 0 Å². The van der Waals surface area contributed by atoms with E-state index in [4.69, 9.17) is 0 Å². The summed E-state index contributed by atoms with van der Waals surface area (Å²) in [7, 11) is 0. The summed E-state index contributed by atoms with van der Waals surface area (Å²) in [6.07, 6.45) is 30.8. The molecule has 0 aliphatic heterocycles. The Morgan fingerprint density at radius 3 is 0.971 bits per heavy atom. The van der Waals surface area contributed by atoms with Gasteiger partial charge in [0.25, 0.3) is 0 Å². The SMILES string of the molecule is CCCCCCCCCCCCc1ccc(CCCCCCCCCCCC)c2ccccc12. The van der Waals surface area contributed by atoms with Crippen molar-refractivity contribution >= 4 is 10.8 Å². The average molecular weight is 465 g/mol. The molecule has 2 rings (SSSR count). The van der Waals surface area contributed by atoms with Crippen LogP contribution in [0, 0.1) is 0 Å². The normalized spacial score (nSPS) is 11.5. The van der Waals surface area contributed by atoms with Crippen LogP contribution in [-0.4, -0.2) is 0 Å². The molecule has 0 atom stereocenters. The summed E-state index contributed by atoms with van der Waals surface area (Å²) in [6.45, 7) is 4.60. The van der Waals surface area contributed by atoms with E-state index in [1.807, 2.05) is 0 Å². The third-order valence-corrected chi connectivity index (χ3v) is 7.70. The summed E-state index contributed by atoms with van der Waals surface area (Å²) in [5.74, 6) is 0. The van der Waals surface area contributed by atoms with Gasteiger partial charge in [0.2, 0.25) is 0 Å². The molecule has 0 N–H and O–H groups in total. The van der Waals surface area contributed by atoms with E-state index >= 15 is 0 Å². The molecule has 0 saturated carbocycles. The molecule has 0 fully saturated rings. The van der Waals surface area contributed by atoms with Gasteiger partial charge in [-0.2, -0.15) is 0 Å². The topological polar surface area (TPSA) is 0 Å². The van der Waals surface area contributed by atoms with E-state index in [1.54, 1.807) is 11.1 Å². The van der Waals surface area contributed by atoms with E-state index in [0.717, 1.165) is 0 Å². The summed E-state index contributed by atoms with van der Waals surface area (Å²) in [5.41, 5.74) is 3.14. The molecule has 0 amide bonds. The summed E-state index contributed by atoms with van der Waals surface area (Å²) >= 11 is 0. The molecule has 0 radical (unpaired) electrons. The molecule has 0 bridgehead atoms. The number of rotatable bonds is 22. The molecule has 0 spiro atoms. The van der Waals surface area contributed by atoms with E-state index in [1.165, 1.54) is 152 Å². The predicted molar refractivity (Wildman–Crippen MR) is 155 cm³/mol. The van der Waals surface area contributed by atoms with Crippen LogP contribution in [0.5, 0.6) is 0 Å². The first-order valence-electron chi connectivity index (χ1n) is 15.4. The predicted octanol–water partition coefficient (Wildman–Crippen LogP) is 11.8. The molecule has 0 aliphatic rings. The lowest BCUT2D eigenvalue weighted by atomic mass is 9.93. The van der Waals surface area contributed by atoms with Crippen LogP contribution >= 0.6 is 0 Å². The fraction of sp³-hybridized carbons (Fsp3) is 0.706. The second kappa shape index (κ2) is 19.9. The maximum absolute atomic E-state index is 2.45. The Labute approximate surface area is 213 Å². The molecule has 0 unspecified atom stereocenters. The number of aryl methyl sites for hydroxylation is 2. The monoisotopic (exact) mass is 464 g/mol. The lowest BCUT2D eigenvalue weighted by Gasteiger charge is -2.12. The summed E-state index contributed by atoms with van der Waals surface area (Å²) in [4.78, 5) is 0. The van der Waals surface area contributed by atoms with Crippen LogP contribution in [0.4, 0.5) is 0 Å². The van der Waals surface area contributed by atoms with Crippen molar-refractivity contribution < 1.29 is 0 Å². The highest BCUT2D eigenvalue weighted by Gasteiger charge is 2.06. The second-order valence-electron chi connectivity index (χ2n) is 10.8. The van der Waals surface area contributed by atoms with Crippen LogP contribution in [0.25, 0.3) is 10.8 Å². The van der Waals surface area contributed by atoms with Crippen LogP contribution in [-0.2, 0) is 12.8 Å². The van der Waals surface area contributed by atoms with Gasteiger partial charge in [0.1, 0.15) is 0 Å². The fourth-order valence-corrected chi connectivity index (χ4v) is 5.47. The molecule has 2 aromatic rings. The minimum atomic E-state index is 1.25. The molecule has 0 aliphatic carbocycles. The van der Waals surface area contributed by atoms with Gasteiger partial charge in [-0.05, 0) is 47.6 Å². The Kier molecular flexibility index (Phi) is 17.0. The molecule has 0 nitrogen and oxygen atoms in total. The Morgan fingerprint density at radius 2 is 0.647 bits per heavy atom. The zero-order valence-electron chi connectivity index (χ0n) is 23.0. The smallest absolute Gasteiger partial charge is 0.0149 e. The van der Waals surface area contributed by atoms with Gasteiger partial charge < -0.3 is 0 Å². The molecule has 0 heterocycles. The van der Waals surface area contributed by atoms with Crippen LogP contribution in [0.15, 0.2) is 36.4 Å². The van der Waals surface area contributed by atoms with Crippen molar-refractivity contribution in [3.63, 3.8) is 0 Å². The first-order chi connectivity index (χ1) is 16.9. The van der Waals surface area contributed by atoms with Crippen molar-refractivity contribution in [2.45, 2.75) is 155 Å². The van der Waals surface area contributed by atoms with Gasteiger partial charge >= 0.3 is 0 Å². The minimum absolute atomic E-state index is 1.25.